The molecule has 0 saturated carbocycles. The Morgan fingerprint density at radius 2 is 1.89 bits per heavy atom. The lowest BCUT2D eigenvalue weighted by Gasteiger charge is -2.17. The van der Waals surface area contributed by atoms with Crippen LogP contribution in [0, 0.1) is 0 Å². The minimum atomic E-state index is 0. The topological polar surface area (TPSA) is 71.7 Å². The first kappa shape index (κ1) is 23.3. The molecule has 7 heteroatoms. The molecule has 1 atom stereocenters. The van der Waals surface area contributed by atoms with E-state index in [0.717, 1.165) is 48.1 Å². The predicted octanol–water partition coefficient (Wildman–Crippen LogP) is 3.94. The van der Waals surface area contributed by atoms with Crippen LogP contribution in [0.25, 0.3) is 0 Å². The number of hydrogen-bond acceptors (Lipinski definition) is 4. The van der Waals surface area contributed by atoms with E-state index < -0.39 is 0 Å². The highest BCUT2D eigenvalue weighted by molar-refractivity contribution is 14.0. The van der Waals surface area contributed by atoms with Gasteiger partial charge in [0.05, 0.1) is 18.8 Å². The molecule has 0 radical (unpaired) electrons. The predicted molar refractivity (Wildman–Crippen MR) is 120 cm³/mol. The maximum Gasteiger partial charge on any atom is 0.191 e. The van der Waals surface area contributed by atoms with Gasteiger partial charge in [-0.15, -0.1) is 24.0 Å². The van der Waals surface area contributed by atoms with Gasteiger partial charge in [-0.1, -0.05) is 37.2 Å². The molecule has 27 heavy (non-hydrogen) atoms. The lowest BCUT2D eigenvalue weighted by Crippen LogP contribution is -2.41. The average molecular weight is 486 g/mol. The van der Waals surface area contributed by atoms with Crippen molar-refractivity contribution in [1.82, 2.24) is 15.8 Å². The highest BCUT2D eigenvalue weighted by Crippen LogP contribution is 2.16. The van der Waals surface area contributed by atoms with Crippen molar-refractivity contribution in [2.45, 2.75) is 53.2 Å². The zero-order chi connectivity index (χ0) is 18.8. The molecular weight excluding hydrogens is 455 g/mol. The Morgan fingerprint density at radius 1 is 1.15 bits per heavy atom. The van der Waals surface area contributed by atoms with E-state index in [1.54, 1.807) is 0 Å². The molecule has 0 aliphatic heterocycles. The molecule has 0 bridgehead atoms. The van der Waals surface area contributed by atoms with Gasteiger partial charge < -0.3 is 19.9 Å². The Labute approximate surface area is 179 Å². The molecule has 6 nitrogen and oxygen atoms in total. The fourth-order valence-electron chi connectivity index (χ4n) is 2.63. The molecule has 0 aliphatic rings. The van der Waals surface area contributed by atoms with Gasteiger partial charge in [-0.2, -0.15) is 0 Å². The van der Waals surface area contributed by atoms with Gasteiger partial charge in [0.1, 0.15) is 17.6 Å². The summed E-state index contributed by atoms with van der Waals surface area (Å²) < 4.78 is 11.3. The summed E-state index contributed by atoms with van der Waals surface area (Å²) >= 11 is 0. The van der Waals surface area contributed by atoms with Gasteiger partial charge >= 0.3 is 0 Å². The van der Waals surface area contributed by atoms with Crippen molar-refractivity contribution in [3.05, 3.63) is 47.3 Å². The van der Waals surface area contributed by atoms with E-state index in [9.17, 15) is 0 Å². The standard InChI is InChI=1S/C20H30N4O2.HI/c1-5-18-17(19(6-2)26-24-18)14-23-20(21-7-3)22-13-15(4)25-16-11-9-8-10-12-16;/h8-12,15H,5-7,13-14H2,1-4H3,(H2,21,22,23);1H. The molecule has 1 heterocycles. The first-order valence-electron chi connectivity index (χ1n) is 9.38. The number of benzene rings is 1. The second-order valence-corrected chi connectivity index (χ2v) is 6.06. The number of aryl methyl sites for hydroxylation is 2. The number of ether oxygens (including phenoxy) is 1. The minimum absolute atomic E-state index is 0. The third kappa shape index (κ3) is 7.40. The summed E-state index contributed by atoms with van der Waals surface area (Å²) in [6.07, 6.45) is 1.69. The quantitative estimate of drug-likeness (QED) is 0.319. The number of nitrogens with zero attached hydrogens (tertiary/aromatic N) is 2. The van der Waals surface area contributed by atoms with E-state index in [1.165, 1.54) is 0 Å². The van der Waals surface area contributed by atoms with Crippen molar-refractivity contribution >= 4 is 29.9 Å². The van der Waals surface area contributed by atoms with Crippen molar-refractivity contribution < 1.29 is 9.26 Å². The maximum absolute atomic E-state index is 5.90. The minimum Gasteiger partial charge on any atom is -0.489 e. The Kier molecular flexibility index (Phi) is 10.8. The molecule has 150 valence electrons. The lowest BCUT2D eigenvalue weighted by atomic mass is 10.1. The Balaban J connectivity index is 0.00000364. The summed E-state index contributed by atoms with van der Waals surface area (Å²) in [6, 6.07) is 9.83. The molecule has 2 rings (SSSR count). The molecule has 2 aromatic rings. The van der Waals surface area contributed by atoms with Gasteiger partial charge in [-0.25, -0.2) is 4.99 Å². The van der Waals surface area contributed by atoms with Crippen LogP contribution >= 0.6 is 24.0 Å². The first-order chi connectivity index (χ1) is 12.7. The molecule has 1 aromatic heterocycles. The van der Waals surface area contributed by atoms with E-state index in [0.29, 0.717) is 13.1 Å². The number of aromatic nitrogens is 1. The normalized spacial score (nSPS) is 12.2. The van der Waals surface area contributed by atoms with Crippen LogP contribution in [0.4, 0.5) is 0 Å². The zero-order valence-corrected chi connectivity index (χ0v) is 18.9. The summed E-state index contributed by atoms with van der Waals surface area (Å²) in [5.74, 6) is 2.55. The van der Waals surface area contributed by atoms with Crippen LogP contribution in [0.3, 0.4) is 0 Å². The van der Waals surface area contributed by atoms with E-state index in [1.807, 2.05) is 37.3 Å². The van der Waals surface area contributed by atoms with Crippen LogP contribution in [0.2, 0.25) is 0 Å². The Morgan fingerprint density at radius 3 is 2.52 bits per heavy atom. The third-order valence-electron chi connectivity index (χ3n) is 3.98. The molecule has 2 N–H and O–H groups in total. The number of para-hydroxylation sites is 1. The van der Waals surface area contributed by atoms with Crippen LogP contribution in [0.5, 0.6) is 5.75 Å². The Bertz CT molecular complexity index is 667. The van der Waals surface area contributed by atoms with Gasteiger partial charge in [0.25, 0.3) is 0 Å². The van der Waals surface area contributed by atoms with Crippen LogP contribution in [0.15, 0.2) is 39.8 Å². The molecule has 1 unspecified atom stereocenters. The number of hydrogen-bond donors (Lipinski definition) is 2. The largest absolute Gasteiger partial charge is 0.489 e. The number of halogens is 1. The van der Waals surface area contributed by atoms with Crippen molar-refractivity contribution in [3.63, 3.8) is 0 Å². The molecular formula is C20H31IN4O2. The number of guanidine groups is 1. The number of aliphatic imine (C=N–C) groups is 1. The van der Waals surface area contributed by atoms with E-state index >= 15 is 0 Å². The van der Waals surface area contributed by atoms with Crippen LogP contribution in [-0.4, -0.2) is 30.3 Å². The van der Waals surface area contributed by atoms with Crippen molar-refractivity contribution in [2.24, 2.45) is 4.99 Å². The van der Waals surface area contributed by atoms with E-state index in [-0.39, 0.29) is 30.1 Å². The molecule has 0 amide bonds. The second kappa shape index (κ2) is 12.6. The lowest BCUT2D eigenvalue weighted by molar-refractivity contribution is 0.224. The van der Waals surface area contributed by atoms with Gasteiger partial charge in [0, 0.05) is 18.5 Å². The molecule has 0 fully saturated rings. The summed E-state index contributed by atoms with van der Waals surface area (Å²) in [5, 5.41) is 10.8. The van der Waals surface area contributed by atoms with Crippen LogP contribution in [0.1, 0.15) is 44.7 Å². The van der Waals surface area contributed by atoms with E-state index in [2.05, 4.69) is 36.6 Å². The summed E-state index contributed by atoms with van der Waals surface area (Å²) in [5.41, 5.74) is 2.09. The molecule has 1 aromatic carbocycles. The van der Waals surface area contributed by atoms with Crippen LogP contribution in [-0.2, 0) is 19.4 Å². The molecule has 0 aliphatic carbocycles. The van der Waals surface area contributed by atoms with Crippen molar-refractivity contribution in [3.8, 4) is 5.75 Å². The summed E-state index contributed by atoms with van der Waals surface area (Å²) in [7, 11) is 0. The van der Waals surface area contributed by atoms with Gasteiger partial charge in [-0.3, -0.25) is 0 Å². The van der Waals surface area contributed by atoms with E-state index in [4.69, 9.17) is 14.3 Å². The zero-order valence-electron chi connectivity index (χ0n) is 16.6. The SMILES string of the molecule is CCNC(=NCc1c(CC)noc1CC)NCC(C)Oc1ccccc1.I. The van der Waals surface area contributed by atoms with Crippen LogP contribution < -0.4 is 15.4 Å². The highest BCUT2D eigenvalue weighted by Gasteiger charge is 2.13. The molecule has 0 spiro atoms. The van der Waals surface area contributed by atoms with Gasteiger partial charge in [-0.05, 0) is 32.4 Å². The maximum atomic E-state index is 5.90. The fourth-order valence-corrected chi connectivity index (χ4v) is 2.63. The van der Waals surface area contributed by atoms with Crippen molar-refractivity contribution in [2.75, 3.05) is 13.1 Å². The fraction of sp³-hybridized carbons (Fsp3) is 0.500. The number of nitrogens with one attached hydrogen (secondary N) is 2. The Hall–Kier alpha value is -1.77. The third-order valence-corrected chi connectivity index (χ3v) is 3.98. The monoisotopic (exact) mass is 486 g/mol. The van der Waals surface area contributed by atoms with Crippen molar-refractivity contribution in [1.29, 1.82) is 0 Å². The van der Waals surface area contributed by atoms with Gasteiger partial charge in [0.2, 0.25) is 0 Å². The second-order valence-electron chi connectivity index (χ2n) is 6.06. The smallest absolute Gasteiger partial charge is 0.191 e. The first-order valence-corrected chi connectivity index (χ1v) is 9.38. The van der Waals surface area contributed by atoms with Gasteiger partial charge in [0.15, 0.2) is 5.96 Å². The molecule has 0 saturated heterocycles. The number of rotatable bonds is 9. The average Bonchev–Trinajstić information content (AvgIpc) is 3.06. The summed E-state index contributed by atoms with van der Waals surface area (Å²) in [4.78, 5) is 4.69. The highest BCUT2D eigenvalue weighted by atomic mass is 127. The summed E-state index contributed by atoms with van der Waals surface area (Å²) in [6.45, 7) is 10.2.